The predicted molar refractivity (Wildman–Crippen MR) is 126 cm³/mol. The Morgan fingerprint density at radius 3 is 2.34 bits per heavy atom. The van der Waals surface area contributed by atoms with Crippen LogP contribution in [-0.2, 0) is 6.54 Å². The van der Waals surface area contributed by atoms with Gasteiger partial charge in [-0.3, -0.25) is 0 Å². The Morgan fingerprint density at radius 1 is 1.00 bits per heavy atom. The topological polar surface area (TPSA) is 43.1 Å². The first kappa shape index (κ1) is 21.8. The van der Waals surface area contributed by atoms with Crippen molar-refractivity contribution < 1.29 is 19.5 Å². The fourth-order valence-electron chi connectivity index (χ4n) is 7.30. The summed E-state index contributed by atoms with van der Waals surface area (Å²) in [7, 11) is 1.73. The van der Waals surface area contributed by atoms with Crippen molar-refractivity contribution in [2.45, 2.75) is 63.6 Å². The minimum absolute atomic E-state index is 0.307. The van der Waals surface area contributed by atoms with Crippen molar-refractivity contribution in [3.63, 3.8) is 0 Å². The number of aryl methyl sites for hydroxylation is 1. The third kappa shape index (κ3) is 4.53. The highest BCUT2D eigenvalue weighted by Crippen LogP contribution is 2.54. The Balaban J connectivity index is 1.34. The molecular weight excluding hydrogens is 398 g/mol. The van der Waals surface area contributed by atoms with E-state index < -0.39 is 6.10 Å². The fraction of sp³-hybridized carbons (Fsp3) is 0.571. The monoisotopic (exact) mass is 436 g/mol. The zero-order chi connectivity index (χ0) is 22.1. The number of para-hydroxylation sites is 1. The van der Waals surface area contributed by atoms with Crippen LogP contribution in [-0.4, -0.2) is 37.0 Å². The Kier molecular flexibility index (Phi) is 6.18. The summed E-state index contributed by atoms with van der Waals surface area (Å²) in [6.45, 7) is 4.07. The second-order valence-corrected chi connectivity index (χ2v) is 10.8. The van der Waals surface area contributed by atoms with Gasteiger partial charge in [-0.05, 0) is 67.7 Å². The molecule has 2 aromatic rings. The summed E-state index contributed by atoms with van der Waals surface area (Å²) in [4.78, 5) is 1.55. The van der Waals surface area contributed by atoms with E-state index >= 15 is 0 Å². The van der Waals surface area contributed by atoms with Gasteiger partial charge in [0, 0.05) is 24.8 Å². The molecule has 4 fully saturated rings. The molecule has 4 saturated carbocycles. The third-order valence-electron chi connectivity index (χ3n) is 8.35. The first-order chi connectivity index (χ1) is 15.5. The Morgan fingerprint density at radius 2 is 1.69 bits per heavy atom. The zero-order valence-electron chi connectivity index (χ0n) is 19.6. The van der Waals surface area contributed by atoms with Crippen LogP contribution in [0.5, 0.6) is 11.5 Å². The summed E-state index contributed by atoms with van der Waals surface area (Å²) in [5.74, 6) is 4.46. The van der Waals surface area contributed by atoms with Gasteiger partial charge < -0.3 is 19.5 Å². The number of hydrogen-bond acceptors (Lipinski definition) is 3. The lowest BCUT2D eigenvalue weighted by atomic mass is 9.52. The molecule has 2 aromatic carbocycles. The molecule has 4 heteroatoms. The Bertz CT molecular complexity index is 891. The van der Waals surface area contributed by atoms with Crippen LogP contribution < -0.4 is 14.4 Å². The van der Waals surface area contributed by atoms with Crippen molar-refractivity contribution in [2.75, 3.05) is 20.3 Å². The Hall–Kier alpha value is -2.04. The number of aliphatic hydroxyl groups is 1. The number of quaternary nitrogens is 1. The number of rotatable bonds is 9. The largest absolute Gasteiger partial charge is 0.497 e. The van der Waals surface area contributed by atoms with E-state index in [1.54, 1.807) is 12.0 Å². The first-order valence-electron chi connectivity index (χ1n) is 12.4. The quantitative estimate of drug-likeness (QED) is 0.628. The summed E-state index contributed by atoms with van der Waals surface area (Å²) in [5.41, 5.74) is 2.71. The highest BCUT2D eigenvalue weighted by molar-refractivity contribution is 5.31. The van der Waals surface area contributed by atoms with E-state index in [1.165, 1.54) is 44.1 Å². The van der Waals surface area contributed by atoms with Gasteiger partial charge in [0.05, 0.1) is 12.6 Å². The number of methoxy groups -OCH3 is 1. The number of hydrogen-bond donors (Lipinski definition) is 2. The van der Waals surface area contributed by atoms with Gasteiger partial charge in [-0.25, -0.2) is 0 Å². The molecule has 4 nitrogen and oxygen atoms in total. The van der Waals surface area contributed by atoms with Gasteiger partial charge in [0.2, 0.25) is 0 Å². The lowest BCUT2D eigenvalue weighted by Gasteiger charge is -2.58. The van der Waals surface area contributed by atoms with Crippen LogP contribution in [0.25, 0.3) is 0 Å². The van der Waals surface area contributed by atoms with Crippen LogP contribution in [0.4, 0.5) is 0 Å². The summed E-state index contributed by atoms with van der Waals surface area (Å²) in [6, 6.07) is 16.5. The zero-order valence-corrected chi connectivity index (χ0v) is 19.6. The van der Waals surface area contributed by atoms with Gasteiger partial charge in [0.15, 0.2) is 0 Å². The average molecular weight is 437 g/mol. The molecule has 0 spiro atoms. The van der Waals surface area contributed by atoms with Gasteiger partial charge in [-0.15, -0.1) is 0 Å². The molecule has 4 aliphatic carbocycles. The molecule has 0 saturated heterocycles. The molecule has 0 heterocycles. The van der Waals surface area contributed by atoms with Crippen molar-refractivity contribution in [1.82, 2.24) is 0 Å². The van der Waals surface area contributed by atoms with Crippen molar-refractivity contribution in [3.05, 3.63) is 59.7 Å². The molecule has 2 N–H and O–H groups in total. The van der Waals surface area contributed by atoms with Crippen molar-refractivity contribution >= 4 is 0 Å². The first-order valence-corrected chi connectivity index (χ1v) is 12.4. The number of aliphatic hydroxyl groups excluding tert-OH is 1. The highest BCUT2D eigenvalue weighted by Gasteiger charge is 2.56. The van der Waals surface area contributed by atoms with Gasteiger partial charge >= 0.3 is 0 Å². The molecule has 1 unspecified atom stereocenters. The molecule has 4 bridgehead atoms. The van der Waals surface area contributed by atoms with Crippen molar-refractivity contribution in [2.24, 2.45) is 17.8 Å². The van der Waals surface area contributed by atoms with Gasteiger partial charge in [0.1, 0.15) is 37.3 Å². The van der Waals surface area contributed by atoms with Crippen LogP contribution in [0.15, 0.2) is 48.5 Å². The van der Waals surface area contributed by atoms with Crippen molar-refractivity contribution in [3.8, 4) is 11.5 Å². The van der Waals surface area contributed by atoms with E-state index in [4.69, 9.17) is 9.47 Å². The molecule has 32 heavy (non-hydrogen) atoms. The molecule has 6 rings (SSSR count). The van der Waals surface area contributed by atoms with Gasteiger partial charge in [-0.2, -0.15) is 0 Å². The minimum atomic E-state index is -0.483. The van der Waals surface area contributed by atoms with Crippen LogP contribution in [0.1, 0.15) is 49.7 Å². The van der Waals surface area contributed by atoms with Crippen LogP contribution >= 0.6 is 0 Å². The third-order valence-corrected chi connectivity index (χ3v) is 8.35. The molecule has 0 aliphatic heterocycles. The Labute approximate surface area is 192 Å². The van der Waals surface area contributed by atoms with Gasteiger partial charge in [-0.1, -0.05) is 30.3 Å². The SMILES string of the molecule is COc1cccc(C[NH+](C[C@@H](O)COc2ccccc2C)C23CC4CC(CC(C4)C2)C3)c1. The van der Waals surface area contributed by atoms with Crippen LogP contribution in [0, 0.1) is 24.7 Å². The molecular formula is C28H38NO3+. The summed E-state index contributed by atoms with van der Waals surface area (Å²) < 4.78 is 11.5. The lowest BCUT2D eigenvalue weighted by molar-refractivity contribution is -0.974. The standard InChI is InChI=1S/C28H37NO3/c1-20-6-3-4-9-27(20)32-19-25(30)18-29(17-21-7-5-8-26(13-21)31-2)28-14-22-10-23(15-28)12-24(11-22)16-28/h3-9,13,22-25,30H,10-12,14-19H2,1-2H3/p+1/t22?,23?,24?,25-,28?/m1/s1. The molecule has 0 aromatic heterocycles. The molecule has 172 valence electrons. The normalized spacial score (nSPS) is 30.2. The maximum Gasteiger partial charge on any atom is 0.137 e. The van der Waals surface area contributed by atoms with E-state index in [-0.39, 0.29) is 0 Å². The van der Waals surface area contributed by atoms with E-state index in [9.17, 15) is 5.11 Å². The predicted octanol–water partition coefficient (Wildman–Crippen LogP) is 3.80. The summed E-state index contributed by atoms with van der Waals surface area (Å²) >= 11 is 0. The second-order valence-electron chi connectivity index (χ2n) is 10.8. The lowest BCUT2D eigenvalue weighted by Crippen LogP contribution is -3.21. The molecule has 0 radical (unpaired) electrons. The maximum absolute atomic E-state index is 11.1. The molecule has 0 amide bonds. The van der Waals surface area contributed by atoms with E-state index in [0.29, 0.717) is 12.1 Å². The van der Waals surface area contributed by atoms with Crippen LogP contribution in [0.3, 0.4) is 0 Å². The number of nitrogens with one attached hydrogen (secondary N) is 1. The van der Waals surface area contributed by atoms with E-state index in [2.05, 4.69) is 31.2 Å². The summed E-state index contributed by atoms with van der Waals surface area (Å²) in [5, 5.41) is 11.1. The molecule has 4 aliphatic rings. The number of benzene rings is 2. The van der Waals surface area contributed by atoms with E-state index in [0.717, 1.165) is 47.9 Å². The smallest absolute Gasteiger partial charge is 0.137 e. The van der Waals surface area contributed by atoms with E-state index in [1.807, 2.05) is 24.3 Å². The summed E-state index contributed by atoms with van der Waals surface area (Å²) in [6.07, 6.45) is 7.79. The fourth-order valence-corrected chi connectivity index (χ4v) is 7.30. The maximum atomic E-state index is 11.1. The van der Waals surface area contributed by atoms with Crippen LogP contribution in [0.2, 0.25) is 0 Å². The number of ether oxygens (including phenoxy) is 2. The van der Waals surface area contributed by atoms with Gasteiger partial charge in [0.25, 0.3) is 0 Å². The van der Waals surface area contributed by atoms with Crippen molar-refractivity contribution in [1.29, 1.82) is 0 Å². The highest BCUT2D eigenvalue weighted by atomic mass is 16.5. The molecule has 2 atom stereocenters. The minimum Gasteiger partial charge on any atom is -0.497 e. The second kappa shape index (κ2) is 9.07. The average Bonchev–Trinajstić information content (AvgIpc) is 2.77.